The number of benzene rings is 2. The van der Waals surface area contributed by atoms with E-state index in [1.54, 1.807) is 18.2 Å². The average Bonchev–Trinajstić information content (AvgIpc) is 3.28. The predicted octanol–water partition coefficient (Wildman–Crippen LogP) is 2.50. The lowest BCUT2D eigenvalue weighted by molar-refractivity contribution is 0.1000. The lowest BCUT2D eigenvalue weighted by Gasteiger charge is -2.22. The second kappa shape index (κ2) is 8.66. The van der Waals surface area contributed by atoms with Crippen molar-refractivity contribution in [2.75, 3.05) is 13.1 Å². The van der Waals surface area contributed by atoms with Crippen LogP contribution in [0, 0.1) is 11.8 Å². The van der Waals surface area contributed by atoms with Crippen LogP contribution < -0.4 is 16.4 Å². The molecular weight excluding hydrogens is 364 g/mol. The van der Waals surface area contributed by atoms with E-state index < -0.39 is 5.91 Å². The molecule has 2 fully saturated rings. The van der Waals surface area contributed by atoms with E-state index in [0.717, 1.165) is 31.6 Å². The van der Waals surface area contributed by atoms with Crippen LogP contribution in [0.5, 0.6) is 0 Å². The molecule has 1 aliphatic heterocycles. The number of carbonyl (C=O) groups is 2. The van der Waals surface area contributed by atoms with E-state index in [2.05, 4.69) is 39.8 Å². The van der Waals surface area contributed by atoms with Crippen molar-refractivity contribution in [2.24, 2.45) is 17.6 Å². The van der Waals surface area contributed by atoms with Gasteiger partial charge in [-0.15, -0.1) is 0 Å². The fourth-order valence-electron chi connectivity index (χ4n) is 4.74. The summed E-state index contributed by atoms with van der Waals surface area (Å²) in [6.45, 7) is 3.49. The van der Waals surface area contributed by atoms with Crippen LogP contribution in [-0.2, 0) is 13.1 Å². The van der Waals surface area contributed by atoms with Crippen molar-refractivity contribution in [1.29, 1.82) is 0 Å². The summed E-state index contributed by atoms with van der Waals surface area (Å²) >= 11 is 0. The summed E-state index contributed by atoms with van der Waals surface area (Å²) < 4.78 is 0. The Balaban J connectivity index is 1.27. The Morgan fingerprint density at radius 3 is 2.59 bits per heavy atom. The number of fused-ring (bicyclic) bond motifs is 1. The van der Waals surface area contributed by atoms with Gasteiger partial charge in [-0.3, -0.25) is 9.69 Å². The minimum Gasteiger partial charge on any atom is -0.366 e. The largest absolute Gasteiger partial charge is 0.366 e. The fourth-order valence-corrected chi connectivity index (χ4v) is 4.74. The molecule has 29 heavy (non-hydrogen) atoms. The van der Waals surface area contributed by atoms with Crippen LogP contribution in [0.3, 0.4) is 0 Å². The van der Waals surface area contributed by atoms with Gasteiger partial charge in [0.1, 0.15) is 0 Å². The molecule has 2 aromatic rings. The van der Waals surface area contributed by atoms with E-state index in [4.69, 9.17) is 5.73 Å². The Hall–Kier alpha value is -2.86. The first-order valence-electron chi connectivity index (χ1n) is 10.3. The second-order valence-corrected chi connectivity index (χ2v) is 8.18. The summed E-state index contributed by atoms with van der Waals surface area (Å²) in [6.07, 6.45) is 2.21. The van der Waals surface area contributed by atoms with Crippen molar-refractivity contribution < 1.29 is 9.59 Å². The molecule has 3 unspecified atom stereocenters. The van der Waals surface area contributed by atoms with Gasteiger partial charge in [0.05, 0.1) is 0 Å². The van der Waals surface area contributed by atoms with Crippen LogP contribution in [0.1, 0.15) is 34.3 Å². The SMILES string of the molecule is NC(=O)c1cccc(CNC(=O)NC2CCC3CN(Cc4ccccc4)CC32)c1. The van der Waals surface area contributed by atoms with Crippen LogP contribution in [0.4, 0.5) is 4.79 Å². The van der Waals surface area contributed by atoms with Crippen molar-refractivity contribution >= 4 is 11.9 Å². The maximum absolute atomic E-state index is 12.4. The maximum Gasteiger partial charge on any atom is 0.315 e. The van der Waals surface area contributed by atoms with E-state index in [9.17, 15) is 9.59 Å². The molecular formula is C23H28N4O2. The molecule has 3 atom stereocenters. The van der Waals surface area contributed by atoms with E-state index in [1.807, 2.05) is 12.1 Å². The normalized spacial score (nSPS) is 23.5. The van der Waals surface area contributed by atoms with Crippen molar-refractivity contribution in [2.45, 2.75) is 32.0 Å². The Bertz CT molecular complexity index is 870. The molecule has 4 N–H and O–H groups in total. The van der Waals surface area contributed by atoms with Gasteiger partial charge >= 0.3 is 6.03 Å². The topological polar surface area (TPSA) is 87.5 Å². The Morgan fingerprint density at radius 1 is 1.00 bits per heavy atom. The number of nitrogens with zero attached hydrogens (tertiary/aromatic N) is 1. The molecule has 6 nitrogen and oxygen atoms in total. The quantitative estimate of drug-likeness (QED) is 0.706. The number of nitrogens with two attached hydrogens (primary N) is 1. The van der Waals surface area contributed by atoms with Crippen LogP contribution in [0.2, 0.25) is 0 Å². The van der Waals surface area contributed by atoms with Gasteiger partial charge in [0.15, 0.2) is 0 Å². The van der Waals surface area contributed by atoms with Gasteiger partial charge in [-0.2, -0.15) is 0 Å². The van der Waals surface area contributed by atoms with Crippen molar-refractivity contribution in [3.05, 3.63) is 71.3 Å². The third-order valence-corrected chi connectivity index (χ3v) is 6.16. The highest BCUT2D eigenvalue weighted by Gasteiger charge is 2.42. The zero-order chi connectivity index (χ0) is 20.2. The first kappa shape index (κ1) is 19.5. The molecule has 0 aromatic heterocycles. The molecule has 1 heterocycles. The minimum atomic E-state index is -0.463. The second-order valence-electron chi connectivity index (χ2n) is 8.18. The molecule has 1 saturated heterocycles. The highest BCUT2D eigenvalue weighted by atomic mass is 16.2. The molecule has 1 aliphatic carbocycles. The number of amides is 3. The molecule has 0 spiro atoms. The number of hydrogen-bond acceptors (Lipinski definition) is 3. The molecule has 0 radical (unpaired) electrons. The van der Waals surface area contributed by atoms with Gasteiger partial charge in [-0.25, -0.2) is 4.79 Å². The molecule has 2 aliphatic rings. The van der Waals surface area contributed by atoms with Crippen molar-refractivity contribution in [1.82, 2.24) is 15.5 Å². The number of hydrogen-bond donors (Lipinski definition) is 3. The molecule has 2 aromatic carbocycles. The molecule has 3 amide bonds. The number of primary amides is 1. The number of nitrogens with one attached hydrogen (secondary N) is 2. The third kappa shape index (κ3) is 4.77. The zero-order valence-electron chi connectivity index (χ0n) is 16.5. The fraction of sp³-hybridized carbons (Fsp3) is 0.391. The summed E-state index contributed by atoms with van der Waals surface area (Å²) in [4.78, 5) is 26.2. The molecule has 1 saturated carbocycles. The van der Waals surface area contributed by atoms with E-state index in [0.29, 0.717) is 23.9 Å². The number of urea groups is 1. The summed E-state index contributed by atoms with van der Waals surface area (Å²) in [5, 5.41) is 6.08. The zero-order valence-corrected chi connectivity index (χ0v) is 16.5. The van der Waals surface area contributed by atoms with Gasteiger partial charge in [-0.1, -0.05) is 42.5 Å². The summed E-state index contributed by atoms with van der Waals surface area (Å²) in [7, 11) is 0. The van der Waals surface area contributed by atoms with Crippen LogP contribution >= 0.6 is 0 Å². The standard InChI is InChI=1S/C23H28N4O2/c24-22(28)18-8-4-7-17(11-18)12-25-23(29)26-21-10-9-19-14-27(15-20(19)21)13-16-5-2-1-3-6-16/h1-8,11,19-21H,9-10,12-15H2,(H2,24,28)(H2,25,26,29). The number of rotatable bonds is 6. The summed E-state index contributed by atoms with van der Waals surface area (Å²) in [5.41, 5.74) is 7.96. The van der Waals surface area contributed by atoms with Crippen LogP contribution in [0.25, 0.3) is 0 Å². The Morgan fingerprint density at radius 2 is 1.79 bits per heavy atom. The van der Waals surface area contributed by atoms with E-state index in [1.165, 1.54) is 12.0 Å². The van der Waals surface area contributed by atoms with Crippen LogP contribution in [-0.4, -0.2) is 36.0 Å². The van der Waals surface area contributed by atoms with Crippen molar-refractivity contribution in [3.63, 3.8) is 0 Å². The predicted molar refractivity (Wildman–Crippen MR) is 112 cm³/mol. The van der Waals surface area contributed by atoms with Gasteiger partial charge in [0, 0.05) is 37.8 Å². The first-order valence-corrected chi connectivity index (χ1v) is 10.3. The van der Waals surface area contributed by atoms with E-state index in [-0.39, 0.29) is 12.1 Å². The van der Waals surface area contributed by atoms with Gasteiger partial charge in [0.2, 0.25) is 5.91 Å². The average molecular weight is 393 g/mol. The Kier molecular flexibility index (Phi) is 5.81. The van der Waals surface area contributed by atoms with E-state index >= 15 is 0 Å². The number of carbonyl (C=O) groups excluding carboxylic acids is 2. The lowest BCUT2D eigenvalue weighted by atomic mass is 9.98. The first-order chi connectivity index (χ1) is 14.1. The van der Waals surface area contributed by atoms with Gasteiger partial charge in [-0.05, 0) is 47.9 Å². The molecule has 6 heteroatoms. The number of likely N-dealkylation sites (tertiary alicyclic amines) is 1. The Labute approximate surface area is 171 Å². The minimum absolute atomic E-state index is 0.151. The van der Waals surface area contributed by atoms with Gasteiger partial charge < -0.3 is 16.4 Å². The smallest absolute Gasteiger partial charge is 0.315 e. The molecule has 152 valence electrons. The van der Waals surface area contributed by atoms with Crippen molar-refractivity contribution in [3.8, 4) is 0 Å². The maximum atomic E-state index is 12.4. The third-order valence-electron chi connectivity index (χ3n) is 6.16. The lowest BCUT2D eigenvalue weighted by Crippen LogP contribution is -2.44. The highest BCUT2D eigenvalue weighted by molar-refractivity contribution is 5.92. The summed E-state index contributed by atoms with van der Waals surface area (Å²) in [6, 6.07) is 17.7. The monoisotopic (exact) mass is 392 g/mol. The van der Waals surface area contributed by atoms with Gasteiger partial charge in [0.25, 0.3) is 0 Å². The highest BCUT2D eigenvalue weighted by Crippen LogP contribution is 2.38. The summed E-state index contributed by atoms with van der Waals surface area (Å²) in [5.74, 6) is 0.716. The molecule has 0 bridgehead atoms. The van der Waals surface area contributed by atoms with Crippen LogP contribution in [0.15, 0.2) is 54.6 Å². The molecule has 4 rings (SSSR count).